The van der Waals surface area contributed by atoms with E-state index in [1.54, 1.807) is 43.3 Å². The van der Waals surface area contributed by atoms with Gasteiger partial charge < -0.3 is 10.4 Å². The Hall–Kier alpha value is -4.24. The van der Waals surface area contributed by atoms with Gasteiger partial charge in [0.05, 0.1) is 29.1 Å². The molecule has 2 N–H and O–H groups in total. The number of carboxylic acids is 1. The lowest BCUT2D eigenvalue weighted by Crippen LogP contribution is -2.27. The van der Waals surface area contributed by atoms with Crippen molar-refractivity contribution in [2.75, 3.05) is 4.42 Å². The number of rotatable bonds is 5. The van der Waals surface area contributed by atoms with Gasteiger partial charge >= 0.3 is 5.97 Å². The van der Waals surface area contributed by atoms with E-state index < -0.39 is 11.9 Å². The first-order valence-electron chi connectivity index (χ1n) is 10.9. The van der Waals surface area contributed by atoms with E-state index in [9.17, 15) is 19.5 Å². The number of carboxylic acid groups (broad SMARTS) is 1. The fourth-order valence-electron chi connectivity index (χ4n) is 4.43. The summed E-state index contributed by atoms with van der Waals surface area (Å²) in [6, 6.07) is 11.9. The summed E-state index contributed by atoms with van der Waals surface area (Å²) in [4.78, 5) is 41.5. The quantitative estimate of drug-likeness (QED) is 0.410. The number of fused-ring (bicyclic) bond motifs is 2. The zero-order valence-corrected chi connectivity index (χ0v) is 19.4. The van der Waals surface area contributed by atoms with Crippen molar-refractivity contribution < 1.29 is 19.5 Å². The number of amides is 2. The summed E-state index contributed by atoms with van der Waals surface area (Å²) in [7, 11) is 0. The molecule has 0 spiro atoms. The van der Waals surface area contributed by atoms with Crippen LogP contribution >= 0.6 is 11.8 Å². The number of para-hydroxylation sites is 1. The number of aromatic carboxylic acids is 1. The minimum Gasteiger partial charge on any atom is -0.478 e. The Morgan fingerprint density at radius 3 is 2.63 bits per heavy atom. The summed E-state index contributed by atoms with van der Waals surface area (Å²) >= 11 is 6.23. The van der Waals surface area contributed by atoms with Crippen molar-refractivity contribution in [3.63, 3.8) is 0 Å². The summed E-state index contributed by atoms with van der Waals surface area (Å²) in [6.45, 7) is 1.79. The molecule has 1 aliphatic rings. The molecule has 1 atom stereocenters. The van der Waals surface area contributed by atoms with Gasteiger partial charge in [0.25, 0.3) is 11.8 Å². The fourth-order valence-corrected chi connectivity index (χ4v) is 4.63. The minimum absolute atomic E-state index is 0.199. The van der Waals surface area contributed by atoms with Crippen LogP contribution in [0.5, 0.6) is 0 Å². The normalized spacial score (nSPS) is 14.5. The van der Waals surface area contributed by atoms with Gasteiger partial charge in [0.1, 0.15) is 5.56 Å². The molecule has 4 aromatic rings. The van der Waals surface area contributed by atoms with Crippen LogP contribution in [0.15, 0.2) is 61.1 Å². The topological polar surface area (TPSA) is 117 Å². The minimum atomic E-state index is -0.963. The third kappa shape index (κ3) is 4.00. The Labute approximate surface area is 205 Å². The highest BCUT2D eigenvalue weighted by atomic mass is 35.5. The van der Waals surface area contributed by atoms with Crippen LogP contribution in [0.2, 0.25) is 0 Å². The summed E-state index contributed by atoms with van der Waals surface area (Å²) in [5.74, 6) is -1.80. The molecular weight excluding hydrogens is 470 g/mol. The molecule has 2 heterocycles. The van der Waals surface area contributed by atoms with Gasteiger partial charge in [-0.2, -0.15) is 5.10 Å². The molecule has 0 fully saturated rings. The lowest BCUT2D eigenvalue weighted by molar-refractivity contribution is 0.0695. The van der Waals surface area contributed by atoms with Crippen molar-refractivity contribution in [3.8, 4) is 0 Å². The molecule has 5 rings (SSSR count). The Morgan fingerprint density at radius 1 is 1.11 bits per heavy atom. The molecule has 10 heteroatoms. The van der Waals surface area contributed by atoms with Gasteiger partial charge in [-0.3, -0.25) is 9.59 Å². The Bertz CT molecular complexity index is 1480. The van der Waals surface area contributed by atoms with Crippen LogP contribution in [0.4, 0.5) is 5.69 Å². The molecule has 176 valence electrons. The molecule has 2 aromatic carbocycles. The van der Waals surface area contributed by atoms with E-state index in [1.807, 2.05) is 6.07 Å². The Morgan fingerprint density at radius 2 is 1.89 bits per heavy atom. The van der Waals surface area contributed by atoms with Gasteiger partial charge in [-0.1, -0.05) is 24.3 Å². The van der Waals surface area contributed by atoms with E-state index in [4.69, 9.17) is 11.8 Å². The average Bonchev–Trinajstić information content (AvgIpc) is 3.48. The average molecular weight is 490 g/mol. The van der Waals surface area contributed by atoms with E-state index >= 15 is 0 Å². The molecule has 1 aliphatic carbocycles. The molecule has 9 nitrogen and oxygen atoms in total. The molecule has 0 radical (unpaired) electrons. The van der Waals surface area contributed by atoms with Gasteiger partial charge in [-0.05, 0) is 54.7 Å². The third-order valence-electron chi connectivity index (χ3n) is 6.24. The molecule has 0 aliphatic heterocycles. The fraction of sp³-hybridized carbons (Fsp3) is 0.160. The second kappa shape index (κ2) is 8.84. The van der Waals surface area contributed by atoms with Crippen molar-refractivity contribution in [1.82, 2.24) is 19.9 Å². The van der Waals surface area contributed by atoms with E-state index in [-0.39, 0.29) is 34.3 Å². The first-order valence-corrected chi connectivity index (χ1v) is 11.2. The van der Waals surface area contributed by atoms with Gasteiger partial charge in [0.15, 0.2) is 5.65 Å². The summed E-state index contributed by atoms with van der Waals surface area (Å²) in [6.07, 6.45) is 5.61. The molecule has 35 heavy (non-hydrogen) atoms. The lowest BCUT2D eigenvalue weighted by Gasteiger charge is -2.15. The number of benzene rings is 2. The second-order valence-electron chi connectivity index (χ2n) is 8.27. The first-order chi connectivity index (χ1) is 16.8. The van der Waals surface area contributed by atoms with Crippen LogP contribution in [0.25, 0.3) is 5.65 Å². The van der Waals surface area contributed by atoms with E-state index in [1.165, 1.54) is 23.1 Å². The number of hydrogen-bond acceptors (Lipinski definition) is 5. The van der Waals surface area contributed by atoms with Crippen molar-refractivity contribution in [1.29, 1.82) is 0 Å². The number of carbonyl (C=O) groups excluding carboxylic acids is 2. The number of carbonyl (C=O) groups is 3. The van der Waals surface area contributed by atoms with Crippen LogP contribution in [-0.2, 0) is 6.42 Å². The maximum atomic E-state index is 13.0. The van der Waals surface area contributed by atoms with Crippen molar-refractivity contribution in [3.05, 3.63) is 94.4 Å². The molecule has 2 aromatic heterocycles. The molecule has 0 saturated heterocycles. The summed E-state index contributed by atoms with van der Waals surface area (Å²) in [5, 5.41) is 16.5. The SMILES string of the molecule is Cc1c(C(=O)O)ccc2c1CCC2NC(=O)c1cnc2c(C(=O)N(Cl)c3ccccc3)cnn2c1. The molecule has 1 unspecified atom stereocenters. The maximum Gasteiger partial charge on any atom is 0.335 e. The predicted molar refractivity (Wildman–Crippen MR) is 129 cm³/mol. The summed E-state index contributed by atoms with van der Waals surface area (Å²) in [5.41, 5.74) is 4.15. The van der Waals surface area contributed by atoms with Crippen LogP contribution in [-0.4, -0.2) is 37.5 Å². The highest BCUT2D eigenvalue weighted by molar-refractivity contribution is 6.39. The molecule has 2 amide bonds. The van der Waals surface area contributed by atoms with Crippen molar-refractivity contribution in [2.24, 2.45) is 0 Å². The lowest BCUT2D eigenvalue weighted by atomic mass is 9.98. The number of nitrogens with one attached hydrogen (secondary N) is 1. The van der Waals surface area contributed by atoms with Crippen LogP contribution < -0.4 is 9.74 Å². The predicted octanol–water partition coefficient (Wildman–Crippen LogP) is 3.95. The number of hydrogen-bond donors (Lipinski definition) is 2. The van der Waals surface area contributed by atoms with Crippen molar-refractivity contribution >= 4 is 40.9 Å². The molecule has 0 saturated carbocycles. The van der Waals surface area contributed by atoms with Crippen LogP contribution in [0.3, 0.4) is 0 Å². The standard InChI is InChI=1S/C25H20ClN5O4/c1-14-17-9-10-21(19(17)8-7-18(14)25(34)35)29-23(32)15-11-27-22-20(12-28-30(22)13-15)24(33)31(26)16-5-3-2-4-6-16/h2-8,11-13,21H,9-10H2,1H3,(H,29,32)(H,34,35). The van der Waals surface area contributed by atoms with Crippen LogP contribution in [0.1, 0.15) is 60.2 Å². The Kier molecular flexibility index (Phi) is 5.70. The largest absolute Gasteiger partial charge is 0.478 e. The number of halogens is 1. The van der Waals surface area contributed by atoms with Gasteiger partial charge in [-0.15, -0.1) is 0 Å². The van der Waals surface area contributed by atoms with Gasteiger partial charge in [0.2, 0.25) is 0 Å². The number of nitrogens with zero attached hydrogens (tertiary/aromatic N) is 4. The highest BCUT2D eigenvalue weighted by Gasteiger charge is 2.28. The zero-order valence-electron chi connectivity index (χ0n) is 18.6. The maximum absolute atomic E-state index is 13.0. The van der Waals surface area contributed by atoms with E-state index in [0.717, 1.165) is 21.1 Å². The summed E-state index contributed by atoms with van der Waals surface area (Å²) < 4.78 is 2.36. The Balaban J connectivity index is 1.36. The zero-order chi connectivity index (χ0) is 24.7. The monoisotopic (exact) mass is 489 g/mol. The van der Waals surface area contributed by atoms with Gasteiger partial charge in [0, 0.05) is 24.2 Å². The molecule has 0 bridgehead atoms. The number of anilines is 1. The van der Waals surface area contributed by atoms with Crippen LogP contribution in [0, 0.1) is 6.92 Å². The van der Waals surface area contributed by atoms with E-state index in [0.29, 0.717) is 18.5 Å². The second-order valence-corrected chi connectivity index (χ2v) is 8.60. The van der Waals surface area contributed by atoms with E-state index in [2.05, 4.69) is 15.4 Å². The third-order valence-corrected chi connectivity index (χ3v) is 6.59. The van der Waals surface area contributed by atoms with Crippen molar-refractivity contribution in [2.45, 2.75) is 25.8 Å². The highest BCUT2D eigenvalue weighted by Crippen LogP contribution is 2.35. The first kappa shape index (κ1) is 22.5. The molecular formula is C25H20ClN5O4. The van der Waals surface area contributed by atoms with Gasteiger partial charge in [-0.25, -0.2) is 18.7 Å². The number of aromatic nitrogens is 3. The smallest absolute Gasteiger partial charge is 0.335 e.